The molecule has 2 aromatic carbocycles. The molecule has 2 aromatic rings. The first-order valence-electron chi connectivity index (χ1n) is 16.6. The number of carbonyl (C=O) groups excluding carboxylic acids is 2. The molecule has 2 amide bonds. The van der Waals surface area contributed by atoms with Gasteiger partial charge in [0.15, 0.2) is 6.29 Å². The molecule has 15 heteroatoms. The van der Waals surface area contributed by atoms with Gasteiger partial charge < -0.3 is 45.7 Å². The molecule has 14 nitrogen and oxygen atoms in total. The summed E-state index contributed by atoms with van der Waals surface area (Å²) >= 11 is 0. The van der Waals surface area contributed by atoms with Crippen LogP contribution in [0.25, 0.3) is 0 Å². The Labute approximate surface area is 289 Å². The van der Waals surface area contributed by atoms with E-state index in [0.717, 1.165) is 5.56 Å². The summed E-state index contributed by atoms with van der Waals surface area (Å²) in [5.41, 5.74) is 7.05. The number of rotatable bonds is 15. The largest absolute Gasteiger partial charge is 0.444 e. The van der Waals surface area contributed by atoms with E-state index in [-0.39, 0.29) is 55.9 Å². The van der Waals surface area contributed by atoms with Gasteiger partial charge in [-0.15, -0.1) is 0 Å². The van der Waals surface area contributed by atoms with E-state index in [0.29, 0.717) is 24.4 Å². The molecule has 2 heterocycles. The first-order valence-corrected chi connectivity index (χ1v) is 18.1. The summed E-state index contributed by atoms with van der Waals surface area (Å²) in [6, 6.07) is 12.8. The number of hydrogen-bond acceptors (Lipinski definition) is 11. The van der Waals surface area contributed by atoms with E-state index < -0.39 is 52.4 Å². The molecule has 0 aliphatic carbocycles. The Kier molecular flexibility index (Phi) is 13.1. The first-order chi connectivity index (χ1) is 23.1. The van der Waals surface area contributed by atoms with Crippen molar-refractivity contribution in [3.05, 3.63) is 54.1 Å². The second kappa shape index (κ2) is 16.9. The molecule has 6 N–H and O–H groups in total. The van der Waals surface area contributed by atoms with Crippen LogP contribution in [0.1, 0.15) is 46.6 Å². The number of hydrogen-bond donors (Lipinski definition) is 5. The van der Waals surface area contributed by atoms with E-state index in [1.807, 2.05) is 44.2 Å². The molecule has 0 unspecified atom stereocenters. The summed E-state index contributed by atoms with van der Waals surface area (Å²) in [7, 11) is -4.14. The molecule has 4 rings (SSSR count). The van der Waals surface area contributed by atoms with E-state index in [9.17, 15) is 23.1 Å². The van der Waals surface area contributed by atoms with Crippen LogP contribution in [-0.2, 0) is 35.4 Å². The van der Waals surface area contributed by atoms with Crippen LogP contribution in [0.5, 0.6) is 0 Å². The number of aliphatic hydroxyl groups is 1. The number of sulfonamides is 1. The van der Waals surface area contributed by atoms with Crippen LogP contribution >= 0.6 is 0 Å². The van der Waals surface area contributed by atoms with Crippen LogP contribution in [0.2, 0.25) is 0 Å². The lowest BCUT2D eigenvalue weighted by molar-refractivity contribution is -0.0907. The van der Waals surface area contributed by atoms with Gasteiger partial charge in [0, 0.05) is 26.2 Å². The second-order valence-electron chi connectivity index (χ2n) is 13.8. The van der Waals surface area contributed by atoms with E-state index in [2.05, 4.69) is 16.0 Å². The summed E-state index contributed by atoms with van der Waals surface area (Å²) < 4.78 is 51.5. The Balaban J connectivity index is 1.47. The van der Waals surface area contributed by atoms with Crippen molar-refractivity contribution in [1.29, 1.82) is 0 Å². The number of aliphatic hydroxyl groups excluding tert-OH is 1. The van der Waals surface area contributed by atoms with Crippen LogP contribution in [0.3, 0.4) is 0 Å². The zero-order valence-corrected chi connectivity index (χ0v) is 29.7. The predicted octanol–water partition coefficient (Wildman–Crippen LogP) is 3.31. The van der Waals surface area contributed by atoms with Gasteiger partial charge in [-0.1, -0.05) is 44.2 Å². The second-order valence-corrected chi connectivity index (χ2v) is 15.7. The number of ether oxygens (including phenoxy) is 4. The number of nitrogens with two attached hydrogens (primary N) is 1. The number of nitrogens with zero attached hydrogens (tertiary/aromatic N) is 1. The van der Waals surface area contributed by atoms with Gasteiger partial charge in [-0.2, -0.15) is 4.31 Å². The van der Waals surface area contributed by atoms with E-state index >= 15 is 0 Å². The molecule has 0 bridgehead atoms. The zero-order chi connectivity index (χ0) is 35.8. The molecule has 2 fully saturated rings. The van der Waals surface area contributed by atoms with Gasteiger partial charge >= 0.3 is 12.2 Å². The third kappa shape index (κ3) is 11.2. The Hall–Kier alpha value is -3.63. The highest BCUT2D eigenvalue weighted by molar-refractivity contribution is 7.89. The van der Waals surface area contributed by atoms with Crippen molar-refractivity contribution in [1.82, 2.24) is 14.9 Å². The number of nitrogen functional groups attached to an aromatic ring is 1. The normalized spacial score (nSPS) is 20.4. The van der Waals surface area contributed by atoms with Crippen molar-refractivity contribution in [3.63, 3.8) is 0 Å². The number of alkyl carbamates (subject to hydrolysis) is 2. The number of amides is 2. The van der Waals surface area contributed by atoms with Gasteiger partial charge in [-0.25, -0.2) is 18.0 Å². The van der Waals surface area contributed by atoms with Crippen molar-refractivity contribution in [2.45, 2.75) is 82.5 Å². The fourth-order valence-electron chi connectivity index (χ4n) is 5.71. The Morgan fingerprint density at radius 3 is 2.49 bits per heavy atom. The molecule has 0 aromatic heterocycles. The molecule has 5 atom stereocenters. The standard InChI is InChI=1S/C34H51N5O9S/c1-22(2)19-39(49(43,44)24-11-12-26(35)27(18-24)36-14-15-37-32(41)48-34(3,4)5)20-29(40)28(17-23-9-7-6-8-10-23)38-33(42)47-30-21-46-31-25(30)13-16-45-31/h6-12,18,22,25,28-31,36,40H,13-17,19-21,35H2,1-5H3,(H,37,41)(H,38,42)/t25-,28-,29+,30-,31+/m0/s1. The third-order valence-electron chi connectivity index (χ3n) is 8.04. The summed E-state index contributed by atoms with van der Waals surface area (Å²) in [5, 5.41) is 20.1. The fraction of sp³-hybridized carbons (Fsp3) is 0.588. The maximum Gasteiger partial charge on any atom is 0.407 e. The monoisotopic (exact) mass is 705 g/mol. The Morgan fingerprint density at radius 2 is 1.80 bits per heavy atom. The summed E-state index contributed by atoms with van der Waals surface area (Å²) in [6.07, 6.45) is -2.52. The number of nitrogens with one attached hydrogen (secondary N) is 3. The van der Waals surface area contributed by atoms with Crippen LogP contribution in [-0.4, -0.2) is 99.5 Å². The van der Waals surface area contributed by atoms with Crippen molar-refractivity contribution in [2.24, 2.45) is 11.8 Å². The quantitative estimate of drug-likeness (QED) is 0.135. The van der Waals surface area contributed by atoms with Crippen LogP contribution in [0.4, 0.5) is 21.0 Å². The summed E-state index contributed by atoms with van der Waals surface area (Å²) in [5.74, 6) is -0.142. The SMILES string of the molecule is CC(C)CN(C[C@@H](O)[C@H](Cc1ccccc1)NC(=O)O[C@H]1CO[C@H]2OCC[C@H]21)S(=O)(=O)c1ccc(N)c(NCCNC(=O)OC(C)(C)C)c1. The molecule has 49 heavy (non-hydrogen) atoms. The van der Waals surface area contributed by atoms with Gasteiger partial charge in [0.05, 0.1) is 47.5 Å². The summed E-state index contributed by atoms with van der Waals surface area (Å²) in [6.45, 7) is 10.1. The van der Waals surface area contributed by atoms with Gasteiger partial charge in [-0.3, -0.25) is 0 Å². The average Bonchev–Trinajstić information content (AvgIpc) is 3.64. The van der Waals surface area contributed by atoms with Crippen molar-refractivity contribution in [3.8, 4) is 0 Å². The smallest absolute Gasteiger partial charge is 0.407 e. The molecule has 2 aliphatic rings. The molecule has 2 saturated heterocycles. The van der Waals surface area contributed by atoms with Crippen LogP contribution in [0.15, 0.2) is 53.4 Å². The molecule has 0 spiro atoms. The zero-order valence-electron chi connectivity index (χ0n) is 28.9. The highest BCUT2D eigenvalue weighted by Crippen LogP contribution is 2.33. The highest BCUT2D eigenvalue weighted by Gasteiger charge is 2.44. The molecule has 272 valence electrons. The topological polar surface area (TPSA) is 191 Å². The molecule has 2 aliphatic heterocycles. The Morgan fingerprint density at radius 1 is 1.06 bits per heavy atom. The van der Waals surface area contributed by atoms with E-state index in [4.69, 9.17) is 24.7 Å². The predicted molar refractivity (Wildman–Crippen MR) is 184 cm³/mol. The summed E-state index contributed by atoms with van der Waals surface area (Å²) in [4.78, 5) is 25.1. The maximum atomic E-state index is 14.1. The van der Waals surface area contributed by atoms with Gasteiger partial charge in [0.25, 0.3) is 0 Å². The number of benzene rings is 2. The van der Waals surface area contributed by atoms with E-state index in [1.54, 1.807) is 20.8 Å². The molecular weight excluding hydrogens is 654 g/mol. The number of anilines is 2. The molecular formula is C34H51N5O9S. The minimum absolute atomic E-state index is 0.0290. The van der Waals surface area contributed by atoms with Gasteiger partial charge in [0.1, 0.15) is 11.7 Å². The number of fused-ring (bicyclic) bond motifs is 1. The van der Waals surface area contributed by atoms with Crippen molar-refractivity contribution >= 4 is 33.6 Å². The van der Waals surface area contributed by atoms with Gasteiger partial charge in [0.2, 0.25) is 10.0 Å². The Bertz CT molecular complexity index is 1500. The lowest BCUT2D eigenvalue weighted by atomic mass is 10.0. The van der Waals surface area contributed by atoms with Crippen LogP contribution in [0, 0.1) is 11.8 Å². The average molecular weight is 706 g/mol. The molecule has 0 radical (unpaired) electrons. The van der Waals surface area contributed by atoms with Crippen molar-refractivity contribution < 1.29 is 42.1 Å². The third-order valence-corrected chi connectivity index (χ3v) is 9.87. The highest BCUT2D eigenvalue weighted by atomic mass is 32.2. The fourth-order valence-corrected chi connectivity index (χ4v) is 7.36. The first kappa shape index (κ1) is 38.2. The minimum Gasteiger partial charge on any atom is -0.444 e. The molecule has 0 saturated carbocycles. The number of carbonyl (C=O) groups is 2. The van der Waals surface area contributed by atoms with E-state index in [1.165, 1.54) is 22.5 Å². The van der Waals surface area contributed by atoms with Crippen LogP contribution < -0.4 is 21.7 Å². The lowest BCUT2D eigenvalue weighted by Crippen LogP contribution is -2.51. The van der Waals surface area contributed by atoms with Gasteiger partial charge in [-0.05, 0) is 63.3 Å². The maximum absolute atomic E-state index is 14.1. The minimum atomic E-state index is -4.14. The lowest BCUT2D eigenvalue weighted by Gasteiger charge is -2.31. The van der Waals surface area contributed by atoms with Crippen molar-refractivity contribution in [2.75, 3.05) is 50.4 Å².